The molecule has 0 atom stereocenters. The summed E-state index contributed by atoms with van der Waals surface area (Å²) in [5.74, 6) is 1.10. The number of aromatic nitrogens is 1. The molecule has 0 bridgehead atoms. The van der Waals surface area contributed by atoms with Crippen LogP contribution in [-0.4, -0.2) is 10.9 Å². The molecule has 0 aliphatic heterocycles. The largest absolute Gasteiger partial charge is 0.441 e. The second kappa shape index (κ2) is 7.25. The molecular weight excluding hydrogens is 302 g/mol. The van der Waals surface area contributed by atoms with Gasteiger partial charge in [0.05, 0.1) is 17.8 Å². The second-order valence-electron chi connectivity index (χ2n) is 5.22. The number of anilines is 1. The number of hydrogen-bond acceptors (Lipinski definition) is 4. The van der Waals surface area contributed by atoms with Gasteiger partial charge in [-0.3, -0.25) is 4.79 Å². The van der Waals surface area contributed by atoms with E-state index in [2.05, 4.69) is 10.3 Å². The molecule has 0 radical (unpaired) electrons. The molecule has 5 nitrogen and oxygen atoms in total. The minimum Gasteiger partial charge on any atom is -0.441 e. The summed E-state index contributed by atoms with van der Waals surface area (Å²) in [5, 5.41) is 11.5. The lowest BCUT2D eigenvalue weighted by molar-refractivity contribution is -0.116. The molecule has 3 rings (SSSR count). The number of rotatable bonds is 5. The smallest absolute Gasteiger partial charge is 0.224 e. The Morgan fingerprint density at radius 2 is 1.88 bits per heavy atom. The van der Waals surface area contributed by atoms with E-state index in [1.807, 2.05) is 36.4 Å². The van der Waals surface area contributed by atoms with Gasteiger partial charge < -0.3 is 9.73 Å². The van der Waals surface area contributed by atoms with Crippen molar-refractivity contribution in [2.45, 2.75) is 12.8 Å². The van der Waals surface area contributed by atoms with E-state index in [0.717, 1.165) is 5.56 Å². The molecule has 24 heavy (non-hydrogen) atoms. The van der Waals surface area contributed by atoms with E-state index in [0.29, 0.717) is 29.3 Å². The summed E-state index contributed by atoms with van der Waals surface area (Å²) >= 11 is 0. The van der Waals surface area contributed by atoms with Crippen LogP contribution >= 0.6 is 0 Å². The Balaban J connectivity index is 1.55. The first-order valence-corrected chi connectivity index (χ1v) is 7.55. The third kappa shape index (κ3) is 3.87. The summed E-state index contributed by atoms with van der Waals surface area (Å²) < 4.78 is 5.67. The standard InChI is InChI=1S/C19H15N3O2/c20-12-14-6-8-16(9-7-14)22-18(23)10-11-19-21-13-17(24-19)15-4-2-1-3-5-15/h1-9,13H,10-11H2,(H,22,23). The second-order valence-corrected chi connectivity index (χ2v) is 5.22. The first kappa shape index (κ1) is 15.5. The Morgan fingerprint density at radius 3 is 2.58 bits per heavy atom. The van der Waals surface area contributed by atoms with Gasteiger partial charge in [-0.2, -0.15) is 5.26 Å². The van der Waals surface area contributed by atoms with Gasteiger partial charge in [-0.1, -0.05) is 30.3 Å². The topological polar surface area (TPSA) is 78.9 Å². The molecule has 0 saturated heterocycles. The van der Waals surface area contributed by atoms with Crippen molar-refractivity contribution in [1.82, 2.24) is 4.98 Å². The van der Waals surface area contributed by atoms with Crippen molar-refractivity contribution in [2.75, 3.05) is 5.32 Å². The normalized spacial score (nSPS) is 10.1. The zero-order valence-corrected chi connectivity index (χ0v) is 12.9. The van der Waals surface area contributed by atoms with Crippen LogP contribution in [0.4, 0.5) is 5.69 Å². The number of nitriles is 1. The maximum atomic E-state index is 12.0. The van der Waals surface area contributed by atoms with Crippen molar-refractivity contribution in [3.8, 4) is 17.4 Å². The van der Waals surface area contributed by atoms with E-state index in [-0.39, 0.29) is 12.3 Å². The molecule has 0 aliphatic rings. The highest BCUT2D eigenvalue weighted by Crippen LogP contribution is 2.20. The van der Waals surface area contributed by atoms with E-state index in [4.69, 9.17) is 9.68 Å². The van der Waals surface area contributed by atoms with Crippen LogP contribution in [0.5, 0.6) is 0 Å². The molecule has 0 unspecified atom stereocenters. The number of benzene rings is 2. The lowest BCUT2D eigenvalue weighted by Crippen LogP contribution is -2.12. The van der Waals surface area contributed by atoms with Crippen LogP contribution in [0.25, 0.3) is 11.3 Å². The molecular formula is C19H15N3O2. The van der Waals surface area contributed by atoms with Crippen molar-refractivity contribution in [1.29, 1.82) is 5.26 Å². The maximum absolute atomic E-state index is 12.0. The highest BCUT2D eigenvalue weighted by molar-refractivity contribution is 5.90. The zero-order valence-electron chi connectivity index (χ0n) is 12.9. The van der Waals surface area contributed by atoms with E-state index in [1.54, 1.807) is 30.5 Å². The number of amides is 1. The molecule has 3 aromatic rings. The van der Waals surface area contributed by atoms with Crippen LogP contribution in [0, 0.1) is 11.3 Å². The fraction of sp³-hybridized carbons (Fsp3) is 0.105. The van der Waals surface area contributed by atoms with Crippen molar-refractivity contribution >= 4 is 11.6 Å². The number of carbonyl (C=O) groups excluding carboxylic acids is 1. The number of carbonyl (C=O) groups is 1. The molecule has 0 spiro atoms. The first-order valence-electron chi connectivity index (χ1n) is 7.55. The Labute approximate surface area is 139 Å². The summed E-state index contributed by atoms with van der Waals surface area (Å²) in [7, 11) is 0. The molecule has 118 valence electrons. The zero-order chi connectivity index (χ0) is 16.8. The van der Waals surface area contributed by atoms with E-state index in [9.17, 15) is 4.79 Å². The summed E-state index contributed by atoms with van der Waals surface area (Å²) in [4.78, 5) is 16.2. The average Bonchev–Trinajstić information content (AvgIpc) is 3.10. The number of hydrogen-bond donors (Lipinski definition) is 1. The maximum Gasteiger partial charge on any atom is 0.224 e. The summed E-state index contributed by atoms with van der Waals surface area (Å²) in [6.45, 7) is 0. The predicted octanol–water partition coefficient (Wildman–Crippen LogP) is 3.78. The van der Waals surface area contributed by atoms with Crippen molar-refractivity contribution in [3.63, 3.8) is 0 Å². The minimum atomic E-state index is -0.126. The van der Waals surface area contributed by atoms with Gasteiger partial charge in [0.2, 0.25) is 5.91 Å². The van der Waals surface area contributed by atoms with Crippen molar-refractivity contribution in [3.05, 3.63) is 72.2 Å². The third-order valence-corrected chi connectivity index (χ3v) is 3.48. The molecule has 0 fully saturated rings. The Kier molecular flexibility index (Phi) is 4.68. The monoisotopic (exact) mass is 317 g/mol. The van der Waals surface area contributed by atoms with Crippen LogP contribution in [0.3, 0.4) is 0 Å². The SMILES string of the molecule is N#Cc1ccc(NC(=O)CCc2ncc(-c3ccccc3)o2)cc1. The third-order valence-electron chi connectivity index (χ3n) is 3.48. The minimum absolute atomic E-state index is 0.126. The predicted molar refractivity (Wildman–Crippen MR) is 90.0 cm³/mol. The first-order chi connectivity index (χ1) is 11.7. The fourth-order valence-corrected chi connectivity index (χ4v) is 2.23. The summed E-state index contributed by atoms with van der Waals surface area (Å²) in [6, 6.07) is 18.5. The molecule has 1 amide bonds. The van der Waals surface area contributed by atoms with Gasteiger partial charge in [0.1, 0.15) is 0 Å². The molecule has 2 aromatic carbocycles. The van der Waals surface area contributed by atoms with E-state index >= 15 is 0 Å². The Bertz CT molecular complexity index is 862. The van der Waals surface area contributed by atoms with Crippen LogP contribution in [-0.2, 0) is 11.2 Å². The van der Waals surface area contributed by atoms with Crippen molar-refractivity contribution < 1.29 is 9.21 Å². The number of nitrogens with zero attached hydrogens (tertiary/aromatic N) is 2. The van der Waals surface area contributed by atoms with Crippen molar-refractivity contribution in [2.24, 2.45) is 0 Å². The highest BCUT2D eigenvalue weighted by atomic mass is 16.4. The molecule has 0 saturated carbocycles. The molecule has 5 heteroatoms. The lowest BCUT2D eigenvalue weighted by atomic mass is 10.2. The van der Waals surface area contributed by atoms with E-state index in [1.165, 1.54) is 0 Å². The molecule has 1 heterocycles. The quantitative estimate of drug-likeness (QED) is 0.776. The fourth-order valence-electron chi connectivity index (χ4n) is 2.23. The highest BCUT2D eigenvalue weighted by Gasteiger charge is 2.09. The number of nitrogens with one attached hydrogen (secondary N) is 1. The average molecular weight is 317 g/mol. The van der Waals surface area contributed by atoms with Gasteiger partial charge in [-0.15, -0.1) is 0 Å². The van der Waals surface area contributed by atoms with Gasteiger partial charge in [0.15, 0.2) is 11.7 Å². The summed E-state index contributed by atoms with van der Waals surface area (Å²) in [5.41, 5.74) is 2.18. The molecule has 0 aliphatic carbocycles. The lowest BCUT2D eigenvalue weighted by Gasteiger charge is -2.04. The van der Waals surface area contributed by atoms with Crippen LogP contribution < -0.4 is 5.32 Å². The van der Waals surface area contributed by atoms with Crippen LogP contribution in [0.2, 0.25) is 0 Å². The van der Waals surface area contributed by atoms with Gasteiger partial charge in [0.25, 0.3) is 0 Å². The Morgan fingerprint density at radius 1 is 1.12 bits per heavy atom. The van der Waals surface area contributed by atoms with Crippen LogP contribution in [0.1, 0.15) is 17.9 Å². The van der Waals surface area contributed by atoms with Gasteiger partial charge >= 0.3 is 0 Å². The number of aryl methyl sites for hydroxylation is 1. The Hall–Kier alpha value is -3.39. The summed E-state index contributed by atoms with van der Waals surface area (Å²) in [6.07, 6.45) is 2.37. The molecule has 1 aromatic heterocycles. The van der Waals surface area contributed by atoms with Gasteiger partial charge in [-0.25, -0.2) is 4.98 Å². The van der Waals surface area contributed by atoms with E-state index < -0.39 is 0 Å². The van der Waals surface area contributed by atoms with Gasteiger partial charge in [0, 0.05) is 24.1 Å². The molecule has 1 N–H and O–H groups in total. The van der Waals surface area contributed by atoms with Crippen LogP contribution in [0.15, 0.2) is 65.2 Å². The number of oxazole rings is 1. The van der Waals surface area contributed by atoms with Gasteiger partial charge in [-0.05, 0) is 24.3 Å².